The average molecular weight is 714 g/mol. The third-order valence-electron chi connectivity index (χ3n) is 8.17. The van der Waals surface area contributed by atoms with Gasteiger partial charge in [-0.2, -0.15) is 4.31 Å². The van der Waals surface area contributed by atoms with E-state index in [9.17, 15) is 27.9 Å². The van der Waals surface area contributed by atoms with Gasteiger partial charge in [0, 0.05) is 47.1 Å². The van der Waals surface area contributed by atoms with E-state index in [1.54, 1.807) is 24.3 Å². The van der Waals surface area contributed by atoms with E-state index in [1.807, 2.05) is 0 Å². The van der Waals surface area contributed by atoms with E-state index in [2.05, 4.69) is 15.6 Å². The predicted octanol–water partition coefficient (Wildman–Crippen LogP) is 5.94. The number of halogens is 4. The van der Waals surface area contributed by atoms with Crippen LogP contribution in [0.3, 0.4) is 0 Å². The van der Waals surface area contributed by atoms with E-state index >= 15 is 0 Å². The van der Waals surface area contributed by atoms with E-state index in [0.717, 1.165) is 12.8 Å². The maximum atomic E-state index is 13.7. The van der Waals surface area contributed by atoms with Crippen molar-refractivity contribution in [3.8, 4) is 0 Å². The molecule has 2 aromatic carbocycles. The van der Waals surface area contributed by atoms with Crippen LogP contribution in [0.4, 0.5) is 5.69 Å². The number of pyridine rings is 1. The summed E-state index contributed by atoms with van der Waals surface area (Å²) in [5, 5.41) is 15.8. The highest BCUT2D eigenvalue weighted by Crippen LogP contribution is 2.43. The number of carboxylic acids is 1. The summed E-state index contributed by atoms with van der Waals surface area (Å²) in [6, 6.07) is 8.86. The predicted molar refractivity (Wildman–Crippen MR) is 172 cm³/mol. The second-order valence-electron chi connectivity index (χ2n) is 11.0. The van der Waals surface area contributed by atoms with Crippen LogP contribution < -0.4 is 10.6 Å². The Labute approximate surface area is 280 Å². The first-order valence-electron chi connectivity index (χ1n) is 14.1. The summed E-state index contributed by atoms with van der Waals surface area (Å²) in [6.07, 6.45) is 5.45. The van der Waals surface area contributed by atoms with E-state index in [4.69, 9.17) is 46.4 Å². The maximum Gasteiger partial charge on any atom is 0.326 e. The van der Waals surface area contributed by atoms with Crippen LogP contribution in [-0.2, 0) is 26.0 Å². The van der Waals surface area contributed by atoms with Gasteiger partial charge in [0.1, 0.15) is 6.04 Å². The van der Waals surface area contributed by atoms with Crippen molar-refractivity contribution in [2.45, 2.75) is 49.1 Å². The molecule has 3 N–H and O–H groups in total. The van der Waals surface area contributed by atoms with Crippen molar-refractivity contribution >= 4 is 79.9 Å². The van der Waals surface area contributed by atoms with Gasteiger partial charge in [0.15, 0.2) is 0 Å². The Morgan fingerprint density at radius 3 is 2.20 bits per heavy atom. The molecule has 1 saturated heterocycles. The van der Waals surface area contributed by atoms with Crippen molar-refractivity contribution < 1.29 is 27.9 Å². The van der Waals surface area contributed by atoms with Gasteiger partial charge in [0.05, 0.1) is 26.4 Å². The monoisotopic (exact) mass is 712 g/mol. The number of amides is 2. The molecule has 2 fully saturated rings. The Kier molecular flexibility index (Phi) is 10.3. The molecule has 15 heteroatoms. The zero-order valence-corrected chi connectivity index (χ0v) is 27.4. The zero-order chi connectivity index (χ0) is 32.5. The Balaban J connectivity index is 1.28. The highest BCUT2D eigenvalue weighted by atomic mass is 35.5. The zero-order valence-electron chi connectivity index (χ0n) is 23.6. The van der Waals surface area contributed by atoms with Gasteiger partial charge < -0.3 is 15.7 Å². The van der Waals surface area contributed by atoms with Crippen molar-refractivity contribution in [1.82, 2.24) is 14.6 Å². The van der Waals surface area contributed by atoms with Crippen molar-refractivity contribution in [2.75, 3.05) is 11.9 Å². The van der Waals surface area contributed by atoms with Gasteiger partial charge in [-0.3, -0.25) is 14.6 Å². The number of carbonyl (C=O) groups is 3. The largest absolute Gasteiger partial charge is 0.480 e. The standard InChI is InChI=1S/C30H28Cl4N4O6S/c31-17-10-18(32)12-20(11-17)45(43,44)38-15-22(21-3-1-2-4-26(21)38)28(39)37-25(30(41)42)9-16-5-7-19(8-6-16)36-29(40)27-23(33)13-35-14-24(27)34/h5-8,10-14,21-22,25-26H,1-4,9,15H2,(H,36,40)(H,37,39)(H,41,42)/t21-,22-,25-,26-/m0/s1. The minimum atomic E-state index is -4.03. The van der Waals surface area contributed by atoms with Gasteiger partial charge in [-0.1, -0.05) is 71.4 Å². The fraction of sp³-hybridized carbons (Fsp3) is 0.333. The van der Waals surface area contributed by atoms with Crippen LogP contribution in [0.15, 0.2) is 59.8 Å². The van der Waals surface area contributed by atoms with Crippen LogP contribution in [0.25, 0.3) is 0 Å². The number of hydrogen-bond acceptors (Lipinski definition) is 6. The molecule has 4 atom stereocenters. The molecule has 1 aliphatic heterocycles. The van der Waals surface area contributed by atoms with Crippen LogP contribution in [0.1, 0.15) is 41.6 Å². The Hall–Kier alpha value is -2.93. The minimum Gasteiger partial charge on any atom is -0.480 e. The van der Waals surface area contributed by atoms with Gasteiger partial charge in [-0.15, -0.1) is 0 Å². The van der Waals surface area contributed by atoms with Gasteiger partial charge in [-0.05, 0) is 54.7 Å². The molecule has 0 radical (unpaired) electrons. The molecule has 1 aliphatic carbocycles. The molecule has 238 valence electrons. The lowest BCUT2D eigenvalue weighted by Gasteiger charge is -2.32. The van der Waals surface area contributed by atoms with Crippen molar-refractivity contribution in [2.24, 2.45) is 11.8 Å². The van der Waals surface area contributed by atoms with E-state index in [0.29, 0.717) is 24.1 Å². The quantitative estimate of drug-likeness (QED) is 0.249. The molecule has 2 amide bonds. The first-order valence-corrected chi connectivity index (χ1v) is 17.0. The Morgan fingerprint density at radius 2 is 1.58 bits per heavy atom. The number of carbonyl (C=O) groups excluding carboxylic acids is 2. The van der Waals surface area contributed by atoms with Crippen LogP contribution >= 0.6 is 46.4 Å². The van der Waals surface area contributed by atoms with Crippen molar-refractivity contribution in [3.05, 3.63) is 86.1 Å². The molecule has 2 heterocycles. The molecule has 0 unspecified atom stereocenters. The molecule has 3 aromatic rings. The number of aromatic nitrogens is 1. The smallest absolute Gasteiger partial charge is 0.326 e. The molecule has 10 nitrogen and oxygen atoms in total. The summed E-state index contributed by atoms with van der Waals surface area (Å²) in [6.45, 7) is -0.0835. The first kappa shape index (κ1) is 33.4. The van der Waals surface area contributed by atoms with Crippen LogP contribution in [0.2, 0.25) is 20.1 Å². The molecule has 45 heavy (non-hydrogen) atoms. The number of sulfonamides is 1. The van der Waals surface area contributed by atoms with Gasteiger partial charge in [-0.25, -0.2) is 13.2 Å². The SMILES string of the molecule is O=C(Nc1ccc(C[C@H](NC(=O)[C@H]2CN(S(=O)(=O)c3cc(Cl)cc(Cl)c3)[C@H]3CCCC[C@@H]23)C(=O)O)cc1)c1c(Cl)cncc1Cl. The number of hydrogen-bond donors (Lipinski definition) is 3. The third-order valence-corrected chi connectivity index (χ3v) is 11.0. The number of aliphatic carboxylic acids is 1. The summed E-state index contributed by atoms with van der Waals surface area (Å²) in [5.74, 6) is -3.29. The maximum absolute atomic E-state index is 13.7. The summed E-state index contributed by atoms with van der Waals surface area (Å²) < 4.78 is 28.7. The van der Waals surface area contributed by atoms with Gasteiger partial charge >= 0.3 is 5.97 Å². The molecule has 1 aromatic heterocycles. The lowest BCUT2D eigenvalue weighted by atomic mass is 9.79. The average Bonchev–Trinajstić information content (AvgIpc) is 3.38. The third kappa shape index (κ3) is 7.40. The summed E-state index contributed by atoms with van der Waals surface area (Å²) in [7, 11) is -4.03. The van der Waals surface area contributed by atoms with Crippen molar-refractivity contribution in [1.29, 1.82) is 0 Å². The topological polar surface area (TPSA) is 146 Å². The molecule has 0 spiro atoms. The van der Waals surface area contributed by atoms with E-state index < -0.39 is 45.8 Å². The summed E-state index contributed by atoms with van der Waals surface area (Å²) in [4.78, 5) is 42.2. The number of carboxylic acid groups (broad SMARTS) is 1. The van der Waals surface area contributed by atoms with Gasteiger partial charge in [0.25, 0.3) is 5.91 Å². The van der Waals surface area contributed by atoms with Crippen LogP contribution in [0, 0.1) is 11.8 Å². The number of anilines is 1. The van der Waals surface area contributed by atoms with E-state index in [-0.39, 0.29) is 49.4 Å². The van der Waals surface area contributed by atoms with Crippen molar-refractivity contribution in [3.63, 3.8) is 0 Å². The highest BCUT2D eigenvalue weighted by molar-refractivity contribution is 7.89. The molecule has 0 bridgehead atoms. The molecule has 5 rings (SSSR count). The Morgan fingerprint density at radius 1 is 0.956 bits per heavy atom. The number of nitrogens with one attached hydrogen (secondary N) is 2. The fourth-order valence-corrected chi connectivity index (χ4v) is 9.05. The second kappa shape index (κ2) is 13.8. The summed E-state index contributed by atoms with van der Waals surface area (Å²) in [5.41, 5.74) is 1.07. The lowest BCUT2D eigenvalue weighted by molar-refractivity contribution is -0.142. The van der Waals surface area contributed by atoms with Crippen LogP contribution in [-0.4, -0.2) is 59.2 Å². The van der Waals surface area contributed by atoms with Crippen LogP contribution in [0.5, 0.6) is 0 Å². The van der Waals surface area contributed by atoms with Gasteiger partial charge in [0.2, 0.25) is 15.9 Å². The van der Waals surface area contributed by atoms with E-state index in [1.165, 1.54) is 34.9 Å². The second-order valence-corrected chi connectivity index (χ2v) is 14.6. The fourth-order valence-electron chi connectivity index (χ4n) is 6.06. The summed E-state index contributed by atoms with van der Waals surface area (Å²) >= 11 is 24.3. The lowest BCUT2D eigenvalue weighted by Crippen LogP contribution is -2.46. The molecular formula is C30H28Cl4N4O6S. The number of nitrogens with zero attached hydrogens (tertiary/aromatic N) is 2. The normalized spacial score (nSPS) is 20.7. The number of fused-ring (bicyclic) bond motifs is 1. The highest BCUT2D eigenvalue weighted by Gasteiger charge is 2.50. The first-order chi connectivity index (χ1) is 21.3. The molecule has 1 saturated carbocycles. The number of rotatable bonds is 9. The Bertz CT molecular complexity index is 1700. The minimum absolute atomic E-state index is 0.0405. The molecule has 2 aliphatic rings. The molecular weight excluding hydrogens is 686 g/mol. The number of benzene rings is 2.